The summed E-state index contributed by atoms with van der Waals surface area (Å²) in [5.41, 5.74) is 6.33. The summed E-state index contributed by atoms with van der Waals surface area (Å²) in [7, 11) is 0. The van der Waals surface area contributed by atoms with Crippen LogP contribution in [0.1, 0.15) is 71.1 Å². The lowest BCUT2D eigenvalue weighted by molar-refractivity contribution is 0.231. The van der Waals surface area contributed by atoms with Crippen molar-refractivity contribution >= 4 is 0 Å². The molecular formula is C16H31N. The first-order valence-electron chi connectivity index (χ1n) is 7.64. The lowest BCUT2D eigenvalue weighted by Crippen LogP contribution is -2.32. The van der Waals surface area contributed by atoms with Crippen LogP contribution in [0.5, 0.6) is 0 Å². The lowest BCUT2D eigenvalue weighted by Gasteiger charge is -2.31. The highest BCUT2D eigenvalue weighted by atomic mass is 14.6. The summed E-state index contributed by atoms with van der Waals surface area (Å²) < 4.78 is 0. The zero-order valence-electron chi connectivity index (χ0n) is 11.7. The van der Waals surface area contributed by atoms with E-state index in [4.69, 9.17) is 5.73 Å². The number of hydrogen-bond acceptors (Lipinski definition) is 1. The van der Waals surface area contributed by atoms with Gasteiger partial charge in [-0.3, -0.25) is 0 Å². The van der Waals surface area contributed by atoms with Crippen LogP contribution in [0.25, 0.3) is 0 Å². The maximum Gasteiger partial charge on any atom is 0.00671 e. The Bertz CT molecular complexity index is 192. The summed E-state index contributed by atoms with van der Waals surface area (Å²) in [6, 6.07) is 0.469. The van der Waals surface area contributed by atoms with E-state index in [2.05, 4.69) is 13.5 Å². The third kappa shape index (κ3) is 5.72. The Labute approximate surface area is 108 Å². The minimum absolute atomic E-state index is 0.469. The minimum Gasteiger partial charge on any atom is -0.327 e. The first-order valence-corrected chi connectivity index (χ1v) is 7.64. The van der Waals surface area contributed by atoms with Crippen molar-refractivity contribution in [3.63, 3.8) is 0 Å². The van der Waals surface area contributed by atoms with Gasteiger partial charge in [-0.15, -0.1) is 6.58 Å². The summed E-state index contributed by atoms with van der Waals surface area (Å²) in [6.07, 6.45) is 15.3. The maximum atomic E-state index is 6.33. The lowest BCUT2D eigenvalue weighted by atomic mass is 9.77. The van der Waals surface area contributed by atoms with Gasteiger partial charge in [0.1, 0.15) is 0 Å². The van der Waals surface area contributed by atoms with E-state index in [0.717, 1.165) is 18.3 Å². The zero-order chi connectivity index (χ0) is 12.5. The van der Waals surface area contributed by atoms with E-state index in [9.17, 15) is 0 Å². The molecule has 0 radical (unpaired) electrons. The van der Waals surface area contributed by atoms with E-state index in [1.807, 2.05) is 6.08 Å². The van der Waals surface area contributed by atoms with Gasteiger partial charge in [0.25, 0.3) is 0 Å². The highest BCUT2D eigenvalue weighted by Gasteiger charge is 2.24. The minimum atomic E-state index is 0.469. The van der Waals surface area contributed by atoms with Crippen molar-refractivity contribution in [3.8, 4) is 0 Å². The Hall–Kier alpha value is -0.300. The number of allylic oxidation sites excluding steroid dienone is 1. The molecule has 1 aliphatic rings. The molecule has 1 fully saturated rings. The number of unbranched alkanes of at least 4 members (excludes halogenated alkanes) is 3. The average Bonchev–Trinajstić information content (AvgIpc) is 2.38. The van der Waals surface area contributed by atoms with E-state index in [-0.39, 0.29) is 0 Å². The summed E-state index contributed by atoms with van der Waals surface area (Å²) in [6.45, 7) is 6.08. The number of nitrogens with two attached hydrogens (primary N) is 1. The van der Waals surface area contributed by atoms with Gasteiger partial charge in [0.05, 0.1) is 0 Å². The van der Waals surface area contributed by atoms with Crippen molar-refractivity contribution in [2.45, 2.75) is 77.2 Å². The fraction of sp³-hybridized carbons (Fsp3) is 0.875. The maximum absolute atomic E-state index is 6.33. The van der Waals surface area contributed by atoms with Gasteiger partial charge < -0.3 is 5.73 Å². The molecule has 0 aromatic carbocycles. The van der Waals surface area contributed by atoms with Crippen LogP contribution >= 0.6 is 0 Å². The molecule has 0 aromatic rings. The molecule has 1 nitrogen and oxygen atoms in total. The van der Waals surface area contributed by atoms with Crippen molar-refractivity contribution in [2.24, 2.45) is 17.6 Å². The fourth-order valence-electron chi connectivity index (χ4n) is 3.11. The molecule has 0 amide bonds. The van der Waals surface area contributed by atoms with Gasteiger partial charge in [-0.25, -0.2) is 0 Å². The van der Waals surface area contributed by atoms with Gasteiger partial charge >= 0.3 is 0 Å². The van der Waals surface area contributed by atoms with Crippen LogP contribution in [0.15, 0.2) is 12.7 Å². The Morgan fingerprint density at radius 1 is 1.18 bits per heavy atom. The van der Waals surface area contributed by atoms with Crippen molar-refractivity contribution in [1.29, 1.82) is 0 Å². The van der Waals surface area contributed by atoms with E-state index in [1.165, 1.54) is 57.8 Å². The predicted molar refractivity (Wildman–Crippen MR) is 77.0 cm³/mol. The molecule has 0 aliphatic heterocycles. The SMILES string of the molecule is C=CCCCCCC(N)C1CCC(CC)CC1. The molecule has 1 aliphatic carbocycles. The van der Waals surface area contributed by atoms with Crippen molar-refractivity contribution < 1.29 is 0 Å². The van der Waals surface area contributed by atoms with Gasteiger partial charge in [-0.1, -0.05) is 45.1 Å². The van der Waals surface area contributed by atoms with Crippen LogP contribution in [-0.2, 0) is 0 Å². The second kappa shape index (κ2) is 8.74. The Morgan fingerprint density at radius 2 is 1.88 bits per heavy atom. The Balaban J connectivity index is 2.07. The van der Waals surface area contributed by atoms with Crippen LogP contribution in [-0.4, -0.2) is 6.04 Å². The topological polar surface area (TPSA) is 26.0 Å². The molecule has 1 atom stereocenters. The molecule has 1 rings (SSSR count). The van der Waals surface area contributed by atoms with Gasteiger partial charge in [0, 0.05) is 6.04 Å². The average molecular weight is 237 g/mol. The normalized spacial score (nSPS) is 26.7. The van der Waals surface area contributed by atoms with Crippen LogP contribution in [0.4, 0.5) is 0 Å². The van der Waals surface area contributed by atoms with Crippen LogP contribution in [0.2, 0.25) is 0 Å². The molecule has 17 heavy (non-hydrogen) atoms. The highest BCUT2D eigenvalue weighted by molar-refractivity contribution is 4.79. The van der Waals surface area contributed by atoms with E-state index < -0.39 is 0 Å². The second-order valence-electron chi connectivity index (χ2n) is 5.78. The third-order valence-electron chi connectivity index (χ3n) is 4.52. The predicted octanol–water partition coefficient (Wildman–Crippen LogP) is 4.67. The molecule has 100 valence electrons. The molecule has 1 unspecified atom stereocenters. The van der Waals surface area contributed by atoms with Crippen LogP contribution in [0, 0.1) is 11.8 Å². The Kier molecular flexibility index (Phi) is 7.59. The monoisotopic (exact) mass is 237 g/mol. The summed E-state index contributed by atoms with van der Waals surface area (Å²) >= 11 is 0. The molecule has 0 bridgehead atoms. The summed E-state index contributed by atoms with van der Waals surface area (Å²) in [4.78, 5) is 0. The van der Waals surface area contributed by atoms with Crippen molar-refractivity contribution in [1.82, 2.24) is 0 Å². The van der Waals surface area contributed by atoms with Gasteiger partial charge in [-0.05, 0) is 43.9 Å². The smallest absolute Gasteiger partial charge is 0.00671 e. The van der Waals surface area contributed by atoms with Crippen LogP contribution < -0.4 is 5.73 Å². The first kappa shape index (κ1) is 14.8. The van der Waals surface area contributed by atoms with Crippen LogP contribution in [0.3, 0.4) is 0 Å². The van der Waals surface area contributed by atoms with Crippen molar-refractivity contribution in [3.05, 3.63) is 12.7 Å². The first-order chi connectivity index (χ1) is 8.27. The van der Waals surface area contributed by atoms with E-state index in [1.54, 1.807) is 0 Å². The highest BCUT2D eigenvalue weighted by Crippen LogP contribution is 2.33. The second-order valence-corrected chi connectivity index (χ2v) is 5.78. The Morgan fingerprint density at radius 3 is 2.47 bits per heavy atom. The molecule has 1 heteroatoms. The van der Waals surface area contributed by atoms with E-state index >= 15 is 0 Å². The van der Waals surface area contributed by atoms with Gasteiger partial charge in [0.15, 0.2) is 0 Å². The van der Waals surface area contributed by atoms with E-state index in [0.29, 0.717) is 6.04 Å². The molecule has 0 spiro atoms. The molecule has 2 N–H and O–H groups in total. The van der Waals surface area contributed by atoms with Gasteiger partial charge in [-0.2, -0.15) is 0 Å². The largest absolute Gasteiger partial charge is 0.327 e. The molecular weight excluding hydrogens is 206 g/mol. The zero-order valence-corrected chi connectivity index (χ0v) is 11.7. The molecule has 0 aromatic heterocycles. The third-order valence-corrected chi connectivity index (χ3v) is 4.52. The molecule has 1 saturated carbocycles. The summed E-state index contributed by atoms with van der Waals surface area (Å²) in [5.74, 6) is 1.81. The fourth-order valence-corrected chi connectivity index (χ4v) is 3.11. The molecule has 0 heterocycles. The number of rotatable bonds is 8. The van der Waals surface area contributed by atoms with Crippen molar-refractivity contribution in [2.75, 3.05) is 0 Å². The number of hydrogen-bond donors (Lipinski definition) is 1. The summed E-state index contributed by atoms with van der Waals surface area (Å²) in [5, 5.41) is 0. The molecule has 0 saturated heterocycles. The van der Waals surface area contributed by atoms with Gasteiger partial charge in [0.2, 0.25) is 0 Å². The standard InChI is InChI=1S/C16H31N/c1-3-5-6-7-8-9-16(17)15-12-10-14(4-2)11-13-15/h3,14-16H,1,4-13,17H2,2H3. The quantitative estimate of drug-likeness (QED) is 0.482.